The Hall–Kier alpha value is -3.84. The molecule has 6 rings (SSSR count). The zero-order chi connectivity index (χ0) is 31.4. The minimum Gasteiger partial charge on any atom is -0.449 e. The monoisotopic (exact) mass is 602 g/mol. The third kappa shape index (κ3) is 5.58. The van der Waals surface area contributed by atoms with Crippen LogP contribution in [-0.2, 0) is 26.3 Å². The van der Waals surface area contributed by atoms with E-state index in [1.807, 2.05) is 13.1 Å². The first-order valence-electron chi connectivity index (χ1n) is 15.5. The molecule has 4 aliphatic rings. The smallest absolute Gasteiger partial charge is 0.411 e. The number of ketones is 1. The molecule has 1 spiro atoms. The fourth-order valence-electron chi connectivity index (χ4n) is 7.43. The van der Waals surface area contributed by atoms with E-state index in [0.717, 1.165) is 37.9 Å². The summed E-state index contributed by atoms with van der Waals surface area (Å²) in [7, 11) is 2.04. The SMILES string of the molecule is CN1CCC2(CC1)OC(=O)c1ncc(-c3ccc(C[C@@H](C#N)CC(=O)[C@@H]4[C@H]5CC[C@H](C5)N4C(=O)OC(C)(C)C)c(F)c3)cc12. The first-order valence-corrected chi connectivity index (χ1v) is 15.5. The van der Waals surface area contributed by atoms with E-state index in [2.05, 4.69) is 16.0 Å². The number of nitrogens with zero attached hydrogens (tertiary/aromatic N) is 4. The maximum atomic E-state index is 15.5. The fourth-order valence-corrected chi connectivity index (χ4v) is 7.43. The molecule has 2 bridgehead atoms. The number of nitriles is 1. The highest BCUT2D eigenvalue weighted by Crippen LogP contribution is 2.45. The largest absolute Gasteiger partial charge is 0.449 e. The summed E-state index contributed by atoms with van der Waals surface area (Å²) >= 11 is 0. The topological polar surface area (TPSA) is 113 Å². The van der Waals surface area contributed by atoms with E-state index >= 15 is 4.39 Å². The van der Waals surface area contributed by atoms with Gasteiger partial charge in [-0.05, 0) is 82.7 Å². The van der Waals surface area contributed by atoms with Crippen LogP contribution in [0.1, 0.15) is 80.9 Å². The molecule has 1 aromatic carbocycles. The Labute approximate surface area is 257 Å². The summed E-state index contributed by atoms with van der Waals surface area (Å²) < 4.78 is 26.9. The Balaban J connectivity index is 1.16. The van der Waals surface area contributed by atoms with E-state index in [4.69, 9.17) is 9.47 Å². The second kappa shape index (κ2) is 11.3. The Kier molecular flexibility index (Phi) is 7.73. The van der Waals surface area contributed by atoms with Gasteiger partial charge in [-0.25, -0.2) is 19.0 Å². The molecule has 44 heavy (non-hydrogen) atoms. The molecule has 4 heterocycles. The van der Waals surface area contributed by atoms with Crippen LogP contribution >= 0.6 is 0 Å². The normalized spacial score (nSPS) is 24.6. The van der Waals surface area contributed by atoms with E-state index in [1.165, 1.54) is 6.07 Å². The maximum Gasteiger partial charge on any atom is 0.411 e. The molecule has 2 saturated heterocycles. The highest BCUT2D eigenvalue weighted by Gasteiger charge is 2.52. The van der Waals surface area contributed by atoms with Crippen LogP contribution in [0.15, 0.2) is 30.5 Å². The van der Waals surface area contributed by atoms with Gasteiger partial charge >= 0.3 is 12.1 Å². The highest BCUT2D eigenvalue weighted by molar-refractivity contribution is 5.93. The Bertz CT molecular complexity index is 1540. The van der Waals surface area contributed by atoms with E-state index < -0.39 is 41.0 Å². The number of fused-ring (bicyclic) bond motifs is 4. The lowest BCUT2D eigenvalue weighted by atomic mass is 9.84. The standard InChI is InChI=1S/C34H39FN4O5/c1-33(2,3)44-32(42)39-25-8-7-23(15-25)30(39)28(40)14-20(18-36)13-22-6-5-21(17-27(22)35)24-16-26-29(37-19-24)31(41)43-34(26)9-11-38(4)12-10-34/h5-6,16-17,19-20,23,25,30H,7-15H2,1-4H3/t20-,23+,25-,30+/m1/s1. The second-order valence-electron chi connectivity index (χ2n) is 13.9. The number of likely N-dealkylation sites (tertiary alicyclic amines) is 2. The summed E-state index contributed by atoms with van der Waals surface area (Å²) in [5.41, 5.74) is 1.30. The van der Waals surface area contributed by atoms with Crippen molar-refractivity contribution in [2.45, 2.75) is 89.0 Å². The predicted molar refractivity (Wildman–Crippen MR) is 159 cm³/mol. The highest BCUT2D eigenvalue weighted by atomic mass is 19.1. The lowest BCUT2D eigenvalue weighted by molar-refractivity contribution is -0.126. The third-order valence-electron chi connectivity index (χ3n) is 9.66. The number of ether oxygens (including phenoxy) is 2. The first-order chi connectivity index (χ1) is 20.9. The number of pyridine rings is 1. The van der Waals surface area contributed by atoms with E-state index in [0.29, 0.717) is 35.2 Å². The molecule has 9 nitrogen and oxygen atoms in total. The molecule has 2 aromatic rings. The summed E-state index contributed by atoms with van der Waals surface area (Å²) in [5, 5.41) is 9.93. The van der Waals surface area contributed by atoms with Crippen molar-refractivity contribution in [3.05, 3.63) is 53.1 Å². The van der Waals surface area contributed by atoms with E-state index in [9.17, 15) is 19.6 Å². The van der Waals surface area contributed by atoms with Crippen LogP contribution in [0.25, 0.3) is 11.1 Å². The summed E-state index contributed by atoms with van der Waals surface area (Å²) in [5.74, 6) is -1.75. The van der Waals surface area contributed by atoms with Crippen molar-refractivity contribution < 1.29 is 28.2 Å². The third-order valence-corrected chi connectivity index (χ3v) is 9.66. The molecular weight excluding hydrogens is 563 g/mol. The molecule has 1 saturated carbocycles. The van der Waals surface area contributed by atoms with Gasteiger partial charge < -0.3 is 14.4 Å². The van der Waals surface area contributed by atoms with Crippen molar-refractivity contribution in [1.82, 2.24) is 14.8 Å². The summed E-state index contributed by atoms with van der Waals surface area (Å²) in [6, 6.07) is 8.27. The van der Waals surface area contributed by atoms with Crippen molar-refractivity contribution >= 4 is 17.8 Å². The second-order valence-corrected chi connectivity index (χ2v) is 13.9. The minimum atomic E-state index is -0.739. The molecule has 1 amide bonds. The molecule has 0 radical (unpaired) electrons. The van der Waals surface area contributed by atoms with Gasteiger partial charge in [0.25, 0.3) is 0 Å². The van der Waals surface area contributed by atoms with Gasteiger partial charge in [0.15, 0.2) is 11.5 Å². The van der Waals surface area contributed by atoms with Gasteiger partial charge in [-0.1, -0.05) is 12.1 Å². The van der Waals surface area contributed by atoms with Crippen LogP contribution in [0, 0.1) is 29.0 Å². The molecule has 3 fully saturated rings. The fraction of sp³-hybridized carbons (Fsp3) is 0.559. The van der Waals surface area contributed by atoms with Crippen LogP contribution in [0.4, 0.5) is 9.18 Å². The quantitative estimate of drug-likeness (QED) is 0.404. The van der Waals surface area contributed by atoms with Crippen LogP contribution in [-0.4, -0.2) is 70.5 Å². The summed E-state index contributed by atoms with van der Waals surface area (Å²) in [4.78, 5) is 47.3. The number of hydrogen-bond donors (Lipinski definition) is 0. The number of halogens is 1. The van der Waals surface area contributed by atoms with Gasteiger partial charge in [0, 0.05) is 55.7 Å². The Morgan fingerprint density at radius 3 is 2.64 bits per heavy atom. The zero-order valence-electron chi connectivity index (χ0n) is 25.8. The molecule has 10 heteroatoms. The van der Waals surface area contributed by atoms with Crippen molar-refractivity contribution in [1.29, 1.82) is 5.26 Å². The van der Waals surface area contributed by atoms with Gasteiger partial charge in [0.05, 0.1) is 18.0 Å². The molecule has 232 valence electrons. The number of rotatable bonds is 6. The summed E-state index contributed by atoms with van der Waals surface area (Å²) in [6.45, 7) is 6.98. The predicted octanol–water partition coefficient (Wildman–Crippen LogP) is 5.41. The number of Topliss-reactive ketones (excluding diaryl/α,β-unsaturated/α-hetero) is 1. The number of aromatic nitrogens is 1. The average Bonchev–Trinajstić information content (AvgIpc) is 3.67. The maximum absolute atomic E-state index is 15.5. The van der Waals surface area contributed by atoms with Crippen molar-refractivity contribution in [3.8, 4) is 17.2 Å². The Morgan fingerprint density at radius 2 is 1.95 bits per heavy atom. The van der Waals surface area contributed by atoms with Gasteiger partial charge in [0.1, 0.15) is 17.0 Å². The van der Waals surface area contributed by atoms with Crippen molar-refractivity contribution in [2.75, 3.05) is 20.1 Å². The molecule has 4 atom stereocenters. The molecule has 1 aromatic heterocycles. The van der Waals surface area contributed by atoms with Gasteiger partial charge in [-0.15, -0.1) is 0 Å². The van der Waals surface area contributed by atoms with Crippen molar-refractivity contribution in [3.63, 3.8) is 0 Å². The van der Waals surface area contributed by atoms with Crippen LogP contribution in [0.2, 0.25) is 0 Å². The molecule has 0 N–H and O–H groups in total. The lowest BCUT2D eigenvalue weighted by Gasteiger charge is -2.36. The number of hydrogen-bond acceptors (Lipinski definition) is 8. The number of carbonyl (C=O) groups is 3. The Morgan fingerprint density at radius 1 is 1.20 bits per heavy atom. The van der Waals surface area contributed by atoms with Gasteiger partial charge in [-0.3, -0.25) is 9.69 Å². The zero-order valence-corrected chi connectivity index (χ0v) is 25.8. The van der Waals surface area contributed by atoms with Crippen molar-refractivity contribution in [2.24, 2.45) is 11.8 Å². The van der Waals surface area contributed by atoms with Crippen LogP contribution in [0.5, 0.6) is 0 Å². The molecule has 3 aliphatic heterocycles. The minimum absolute atomic E-state index is 0.0259. The number of carbonyl (C=O) groups excluding carboxylic acids is 3. The van der Waals surface area contributed by atoms with Gasteiger partial charge in [0.2, 0.25) is 0 Å². The number of benzene rings is 1. The number of amides is 1. The average molecular weight is 603 g/mol. The molecular formula is C34H39FN4O5. The van der Waals surface area contributed by atoms with Crippen LogP contribution < -0.4 is 0 Å². The number of piperidine rings is 2. The number of esters is 1. The van der Waals surface area contributed by atoms with Gasteiger partial charge in [-0.2, -0.15) is 5.26 Å². The lowest BCUT2D eigenvalue weighted by Crippen LogP contribution is -2.51. The summed E-state index contributed by atoms with van der Waals surface area (Å²) in [6.07, 6.45) is 4.90. The molecule has 1 aliphatic carbocycles. The first kappa shape index (κ1) is 30.2. The van der Waals surface area contributed by atoms with Crippen LogP contribution in [0.3, 0.4) is 0 Å². The van der Waals surface area contributed by atoms with E-state index in [1.54, 1.807) is 44.0 Å². The molecule has 0 unspecified atom stereocenters. The van der Waals surface area contributed by atoms with E-state index in [-0.39, 0.29) is 30.6 Å².